The summed E-state index contributed by atoms with van der Waals surface area (Å²) in [6.07, 6.45) is 0. The molecule has 0 aromatic heterocycles. The Morgan fingerprint density at radius 1 is 1.19 bits per heavy atom. The number of carbonyl (C=O) groups excluding carboxylic acids is 3. The third kappa shape index (κ3) is 4.01. The number of esters is 1. The van der Waals surface area contributed by atoms with Gasteiger partial charge >= 0.3 is 12.0 Å². The molecule has 31 heavy (non-hydrogen) atoms. The summed E-state index contributed by atoms with van der Waals surface area (Å²) in [5.74, 6) is -0.881. The predicted octanol–water partition coefficient (Wildman–Crippen LogP) is 3.78. The fraction of sp³-hybridized carbons (Fsp3) is 0.261. The molecule has 1 atom stereocenters. The smallest absolute Gasteiger partial charge is 0.338 e. The second-order valence-electron chi connectivity index (χ2n) is 7.78. The molecule has 0 unspecified atom stereocenters. The zero-order valence-corrected chi connectivity index (χ0v) is 18.2. The largest absolute Gasteiger partial charge is 0.456 e. The monoisotopic (exact) mass is 439 g/mol. The second-order valence-corrected chi connectivity index (χ2v) is 8.22. The lowest BCUT2D eigenvalue weighted by Gasteiger charge is -2.32. The number of ether oxygens (including phenoxy) is 1. The van der Waals surface area contributed by atoms with Crippen LogP contribution in [0.15, 0.2) is 47.7 Å². The lowest BCUT2D eigenvalue weighted by molar-refractivity contribution is -0.136. The van der Waals surface area contributed by atoms with Crippen molar-refractivity contribution in [1.29, 1.82) is 0 Å². The third-order valence-corrected chi connectivity index (χ3v) is 5.66. The molecule has 160 valence electrons. The van der Waals surface area contributed by atoms with E-state index in [-0.39, 0.29) is 19.1 Å². The Hall–Kier alpha value is -3.32. The minimum Gasteiger partial charge on any atom is -0.456 e. The van der Waals surface area contributed by atoms with Crippen LogP contribution in [-0.2, 0) is 14.3 Å². The highest BCUT2D eigenvalue weighted by Crippen LogP contribution is 2.35. The highest BCUT2D eigenvalue weighted by Gasteiger charge is 2.42. The van der Waals surface area contributed by atoms with Gasteiger partial charge in [0.05, 0.1) is 17.3 Å². The lowest BCUT2D eigenvalue weighted by atomic mass is 9.96. The lowest BCUT2D eigenvalue weighted by Crippen LogP contribution is -2.49. The average molecular weight is 440 g/mol. The molecule has 2 aliphatic rings. The summed E-state index contributed by atoms with van der Waals surface area (Å²) in [4.78, 5) is 39.4. The number of urea groups is 1. The van der Waals surface area contributed by atoms with Crippen LogP contribution in [-0.4, -0.2) is 36.0 Å². The molecule has 2 N–H and O–H groups in total. The first kappa shape index (κ1) is 20.9. The maximum Gasteiger partial charge on any atom is 0.338 e. The molecule has 0 saturated carbocycles. The van der Waals surface area contributed by atoms with E-state index < -0.39 is 18.0 Å². The molecule has 3 amide bonds. The van der Waals surface area contributed by atoms with Crippen molar-refractivity contribution in [2.45, 2.75) is 26.8 Å². The van der Waals surface area contributed by atoms with Gasteiger partial charge in [-0.25, -0.2) is 9.59 Å². The van der Waals surface area contributed by atoms with Gasteiger partial charge in [0.25, 0.3) is 0 Å². The molecule has 0 saturated heterocycles. The Kier molecular flexibility index (Phi) is 5.45. The van der Waals surface area contributed by atoms with Crippen LogP contribution >= 0.6 is 11.6 Å². The first-order chi connectivity index (χ1) is 14.7. The van der Waals surface area contributed by atoms with Crippen LogP contribution in [0.5, 0.6) is 0 Å². The van der Waals surface area contributed by atoms with E-state index in [0.29, 0.717) is 21.9 Å². The maximum atomic E-state index is 12.9. The number of halogens is 1. The number of hydrogen-bond acceptors (Lipinski definition) is 4. The number of nitrogens with zero attached hydrogens (tertiary/aromatic N) is 1. The summed E-state index contributed by atoms with van der Waals surface area (Å²) in [6, 6.07) is 9.73. The number of nitrogens with one attached hydrogen (secondary N) is 2. The Morgan fingerprint density at radius 3 is 2.58 bits per heavy atom. The molecule has 4 rings (SSSR count). The van der Waals surface area contributed by atoms with Crippen molar-refractivity contribution in [1.82, 2.24) is 10.2 Å². The Balaban J connectivity index is 1.61. The van der Waals surface area contributed by atoms with Crippen molar-refractivity contribution in [3.05, 3.63) is 74.9 Å². The van der Waals surface area contributed by atoms with E-state index >= 15 is 0 Å². The second kappa shape index (κ2) is 8.07. The maximum absolute atomic E-state index is 12.9. The van der Waals surface area contributed by atoms with Gasteiger partial charge in [-0.15, -0.1) is 0 Å². The van der Waals surface area contributed by atoms with Gasteiger partial charge in [-0.1, -0.05) is 41.4 Å². The number of amides is 3. The van der Waals surface area contributed by atoms with Crippen LogP contribution < -0.4 is 10.6 Å². The van der Waals surface area contributed by atoms with Crippen molar-refractivity contribution in [3.63, 3.8) is 0 Å². The molecule has 2 aromatic carbocycles. The minimum absolute atomic E-state index is 0.0610. The summed E-state index contributed by atoms with van der Waals surface area (Å²) < 4.78 is 5.20. The summed E-state index contributed by atoms with van der Waals surface area (Å²) in [5, 5.41) is 6.18. The normalized spacial score (nSPS) is 17.9. The molecular formula is C23H22ClN3O4. The van der Waals surface area contributed by atoms with Crippen LogP contribution in [0.2, 0.25) is 5.02 Å². The summed E-state index contributed by atoms with van der Waals surface area (Å²) in [7, 11) is 0. The standard InChI is InChI=1S/C23H22ClN3O4/c1-12-7-13(2)20(14(3)8-12)25-18(28)10-27-17-11-31-22(29)19(17)21(26-23(27)30)15-5-4-6-16(24)9-15/h4-9,21H,10-11H2,1-3H3,(H,25,28)(H,26,30)/t21-/m0/s1. The van der Waals surface area contributed by atoms with E-state index in [1.807, 2.05) is 32.9 Å². The number of cyclic esters (lactones) is 1. The van der Waals surface area contributed by atoms with Crippen molar-refractivity contribution < 1.29 is 19.1 Å². The Bertz CT molecular complexity index is 1120. The average Bonchev–Trinajstić information content (AvgIpc) is 3.08. The van der Waals surface area contributed by atoms with E-state index in [2.05, 4.69) is 10.6 Å². The van der Waals surface area contributed by atoms with Gasteiger partial charge in [0.15, 0.2) is 0 Å². The minimum atomic E-state index is -0.683. The van der Waals surface area contributed by atoms with E-state index in [4.69, 9.17) is 16.3 Å². The number of rotatable bonds is 4. The fourth-order valence-corrected chi connectivity index (χ4v) is 4.31. The molecule has 2 aromatic rings. The van der Waals surface area contributed by atoms with Crippen molar-refractivity contribution in [3.8, 4) is 0 Å². The number of hydrogen-bond donors (Lipinski definition) is 2. The highest BCUT2D eigenvalue weighted by atomic mass is 35.5. The van der Waals surface area contributed by atoms with Crippen LogP contribution in [0.25, 0.3) is 0 Å². The number of aryl methyl sites for hydroxylation is 3. The van der Waals surface area contributed by atoms with Gasteiger partial charge < -0.3 is 15.4 Å². The molecule has 2 heterocycles. The Morgan fingerprint density at radius 2 is 1.90 bits per heavy atom. The van der Waals surface area contributed by atoms with Crippen molar-refractivity contribution >= 4 is 35.2 Å². The number of anilines is 1. The van der Waals surface area contributed by atoms with Crippen molar-refractivity contribution in [2.24, 2.45) is 0 Å². The van der Waals surface area contributed by atoms with Gasteiger partial charge in [-0.2, -0.15) is 0 Å². The SMILES string of the molecule is Cc1cc(C)c(NC(=O)CN2C(=O)N[C@@H](c3cccc(Cl)c3)C3=C2COC3=O)c(C)c1. The zero-order valence-electron chi connectivity index (χ0n) is 17.4. The van der Waals surface area contributed by atoms with E-state index in [9.17, 15) is 14.4 Å². The number of benzene rings is 2. The third-order valence-electron chi connectivity index (χ3n) is 5.42. The molecule has 0 radical (unpaired) electrons. The summed E-state index contributed by atoms with van der Waals surface area (Å²) in [6.45, 7) is 5.53. The summed E-state index contributed by atoms with van der Waals surface area (Å²) in [5.41, 5.74) is 5.08. The molecular weight excluding hydrogens is 418 g/mol. The van der Waals surface area contributed by atoms with Crippen molar-refractivity contribution in [2.75, 3.05) is 18.5 Å². The van der Waals surface area contributed by atoms with E-state index in [1.165, 1.54) is 4.90 Å². The van der Waals surface area contributed by atoms with Gasteiger partial charge in [-0.05, 0) is 49.6 Å². The highest BCUT2D eigenvalue weighted by molar-refractivity contribution is 6.30. The first-order valence-electron chi connectivity index (χ1n) is 9.86. The van der Waals surface area contributed by atoms with E-state index in [0.717, 1.165) is 22.4 Å². The topological polar surface area (TPSA) is 87.7 Å². The molecule has 0 aliphatic carbocycles. The van der Waals surface area contributed by atoms with Gasteiger partial charge in [0, 0.05) is 10.7 Å². The van der Waals surface area contributed by atoms with Crippen LogP contribution in [0.1, 0.15) is 28.3 Å². The predicted molar refractivity (Wildman–Crippen MR) is 117 cm³/mol. The van der Waals surface area contributed by atoms with Gasteiger partial charge in [-0.3, -0.25) is 9.69 Å². The summed E-state index contributed by atoms with van der Waals surface area (Å²) >= 11 is 6.08. The quantitative estimate of drug-likeness (QED) is 0.709. The molecule has 7 nitrogen and oxygen atoms in total. The van der Waals surface area contributed by atoms with Gasteiger partial charge in [0.1, 0.15) is 13.2 Å². The molecule has 0 bridgehead atoms. The van der Waals surface area contributed by atoms with Gasteiger partial charge in [0.2, 0.25) is 5.91 Å². The number of carbonyl (C=O) groups is 3. The van der Waals surface area contributed by atoms with Crippen LogP contribution in [0, 0.1) is 20.8 Å². The first-order valence-corrected chi connectivity index (χ1v) is 10.2. The van der Waals surface area contributed by atoms with Crippen LogP contribution in [0.3, 0.4) is 0 Å². The zero-order chi connectivity index (χ0) is 22.3. The molecule has 0 fully saturated rings. The molecule has 2 aliphatic heterocycles. The Labute approximate surface area is 185 Å². The van der Waals surface area contributed by atoms with Crippen LogP contribution in [0.4, 0.5) is 10.5 Å². The van der Waals surface area contributed by atoms with E-state index in [1.54, 1.807) is 24.3 Å². The molecule has 0 spiro atoms. The molecule has 8 heteroatoms. The fourth-order valence-electron chi connectivity index (χ4n) is 4.11.